The number of carbonyl (C=O) groups is 2. The van der Waals surface area contributed by atoms with Crippen LogP contribution in [0.3, 0.4) is 0 Å². The molecule has 0 aliphatic carbocycles. The molecule has 0 aromatic carbocycles. The zero-order valence-corrected chi connectivity index (χ0v) is 11.8. The number of rotatable bonds is 3. The van der Waals surface area contributed by atoms with Gasteiger partial charge in [-0.1, -0.05) is 0 Å². The number of ether oxygens (including phenoxy) is 1. The van der Waals surface area contributed by atoms with Gasteiger partial charge in [0, 0.05) is 24.4 Å². The first-order chi connectivity index (χ1) is 9.65. The van der Waals surface area contributed by atoms with Crippen LogP contribution in [-0.4, -0.2) is 53.2 Å². The molecule has 7 heteroatoms. The number of carbonyl (C=O) groups excluding carboxylic acids is 1. The van der Waals surface area contributed by atoms with Gasteiger partial charge in [0.2, 0.25) is 5.91 Å². The summed E-state index contributed by atoms with van der Waals surface area (Å²) in [5.74, 6) is -0.468. The van der Waals surface area contributed by atoms with Crippen LogP contribution in [0, 0.1) is 5.92 Å². The summed E-state index contributed by atoms with van der Waals surface area (Å²) in [5.41, 5.74) is 0.120. The number of aromatic carboxylic acids is 1. The van der Waals surface area contributed by atoms with Crippen LogP contribution in [0.5, 0.6) is 0 Å². The normalized spacial score (nSPS) is 20.7. The lowest BCUT2D eigenvalue weighted by molar-refractivity contribution is -0.150. The highest BCUT2D eigenvalue weighted by Gasteiger charge is 2.33. The van der Waals surface area contributed by atoms with Gasteiger partial charge in [-0.25, -0.2) is 9.78 Å². The van der Waals surface area contributed by atoms with Crippen LogP contribution in [0.2, 0.25) is 0 Å². The van der Waals surface area contributed by atoms with Gasteiger partial charge in [-0.2, -0.15) is 0 Å². The minimum absolute atomic E-state index is 0.0463. The molecule has 20 heavy (non-hydrogen) atoms. The predicted molar refractivity (Wildman–Crippen MR) is 71.9 cm³/mol. The average Bonchev–Trinajstić information content (AvgIpc) is 2.86. The Hall–Kier alpha value is -1.47. The fraction of sp³-hybridized carbons (Fsp3) is 0.615. The second-order valence-corrected chi connectivity index (χ2v) is 6.10. The molecule has 108 valence electrons. The zero-order valence-electron chi connectivity index (χ0n) is 10.9. The van der Waals surface area contributed by atoms with Gasteiger partial charge in [-0.15, -0.1) is 11.3 Å². The van der Waals surface area contributed by atoms with Crippen molar-refractivity contribution in [2.24, 2.45) is 5.92 Å². The van der Waals surface area contributed by atoms with E-state index in [9.17, 15) is 9.59 Å². The molecule has 1 aromatic rings. The average molecular weight is 296 g/mol. The Morgan fingerprint density at radius 2 is 2.05 bits per heavy atom. The standard InChI is InChI=1S/C13H16N2O4S/c16-12(9-5-19-6-9)15-3-1-8(2-4-15)11-14-10(7-20-11)13(17)18/h7-9H,1-6H2,(H,17,18). The van der Waals surface area contributed by atoms with E-state index in [4.69, 9.17) is 9.84 Å². The monoisotopic (exact) mass is 296 g/mol. The third-order valence-corrected chi connectivity index (χ3v) is 4.89. The summed E-state index contributed by atoms with van der Waals surface area (Å²) in [4.78, 5) is 29.0. The number of likely N-dealkylation sites (tertiary alicyclic amines) is 1. The summed E-state index contributed by atoms with van der Waals surface area (Å²) in [6.45, 7) is 2.55. The van der Waals surface area contributed by atoms with Crippen molar-refractivity contribution in [2.75, 3.05) is 26.3 Å². The highest BCUT2D eigenvalue weighted by molar-refractivity contribution is 7.09. The highest BCUT2D eigenvalue weighted by Crippen LogP contribution is 2.31. The Morgan fingerprint density at radius 1 is 1.35 bits per heavy atom. The van der Waals surface area contributed by atoms with Crippen LogP contribution in [0.4, 0.5) is 0 Å². The van der Waals surface area contributed by atoms with Crippen molar-refractivity contribution in [3.63, 3.8) is 0 Å². The first-order valence-corrected chi connectivity index (χ1v) is 7.58. The van der Waals surface area contributed by atoms with Gasteiger partial charge < -0.3 is 14.7 Å². The molecule has 0 unspecified atom stereocenters. The Balaban J connectivity index is 1.57. The van der Waals surface area contributed by atoms with Gasteiger partial charge in [-0.3, -0.25) is 4.79 Å². The maximum Gasteiger partial charge on any atom is 0.355 e. The van der Waals surface area contributed by atoms with E-state index in [1.807, 2.05) is 4.90 Å². The number of carboxylic acids is 1. The van der Waals surface area contributed by atoms with Gasteiger partial charge in [-0.05, 0) is 12.8 Å². The number of thiazole rings is 1. The topological polar surface area (TPSA) is 79.7 Å². The van der Waals surface area contributed by atoms with Crippen LogP contribution in [-0.2, 0) is 9.53 Å². The van der Waals surface area contributed by atoms with Crippen LogP contribution in [0.25, 0.3) is 0 Å². The molecule has 1 amide bonds. The van der Waals surface area contributed by atoms with Crippen LogP contribution in [0.15, 0.2) is 5.38 Å². The molecule has 0 saturated carbocycles. The van der Waals surface area contributed by atoms with Gasteiger partial charge in [0.1, 0.15) is 0 Å². The summed E-state index contributed by atoms with van der Waals surface area (Å²) in [6.07, 6.45) is 1.71. The molecule has 0 atom stereocenters. The van der Waals surface area contributed by atoms with E-state index in [-0.39, 0.29) is 23.4 Å². The smallest absolute Gasteiger partial charge is 0.355 e. The Kier molecular flexibility index (Phi) is 3.71. The molecule has 6 nitrogen and oxygen atoms in total. The van der Waals surface area contributed by atoms with Crippen LogP contribution >= 0.6 is 11.3 Å². The van der Waals surface area contributed by atoms with E-state index in [0.29, 0.717) is 13.2 Å². The zero-order chi connectivity index (χ0) is 14.1. The third kappa shape index (κ3) is 2.55. The molecule has 2 aliphatic rings. The van der Waals surface area contributed by atoms with Crippen molar-refractivity contribution >= 4 is 23.2 Å². The van der Waals surface area contributed by atoms with E-state index in [1.54, 1.807) is 5.38 Å². The number of piperidine rings is 1. The van der Waals surface area contributed by atoms with Crippen LogP contribution < -0.4 is 0 Å². The van der Waals surface area contributed by atoms with Crippen molar-refractivity contribution in [1.82, 2.24) is 9.88 Å². The molecule has 1 N–H and O–H groups in total. The lowest BCUT2D eigenvalue weighted by Gasteiger charge is -2.36. The lowest BCUT2D eigenvalue weighted by Crippen LogP contribution is -2.47. The van der Waals surface area contributed by atoms with E-state index in [0.717, 1.165) is 30.9 Å². The molecule has 3 heterocycles. The maximum absolute atomic E-state index is 12.1. The van der Waals surface area contributed by atoms with Crippen molar-refractivity contribution < 1.29 is 19.4 Å². The number of nitrogens with zero attached hydrogens (tertiary/aromatic N) is 2. The summed E-state index contributed by atoms with van der Waals surface area (Å²) >= 11 is 1.40. The Bertz CT molecular complexity index is 518. The Labute approximate surface area is 120 Å². The summed E-state index contributed by atoms with van der Waals surface area (Å²) in [5, 5.41) is 11.3. The van der Waals surface area contributed by atoms with Crippen molar-refractivity contribution in [1.29, 1.82) is 0 Å². The van der Waals surface area contributed by atoms with Gasteiger partial charge >= 0.3 is 5.97 Å². The molecule has 1 aromatic heterocycles. The second-order valence-electron chi connectivity index (χ2n) is 5.21. The van der Waals surface area contributed by atoms with Gasteiger partial charge in [0.25, 0.3) is 0 Å². The number of carboxylic acid groups (broad SMARTS) is 1. The number of hydrogen-bond acceptors (Lipinski definition) is 5. The largest absolute Gasteiger partial charge is 0.476 e. The first kappa shape index (κ1) is 13.5. The summed E-state index contributed by atoms with van der Waals surface area (Å²) < 4.78 is 5.05. The summed E-state index contributed by atoms with van der Waals surface area (Å²) in [7, 11) is 0. The molecule has 2 saturated heterocycles. The van der Waals surface area contributed by atoms with Gasteiger partial charge in [0.05, 0.1) is 24.1 Å². The van der Waals surface area contributed by atoms with Crippen molar-refractivity contribution in [3.05, 3.63) is 16.1 Å². The molecule has 0 bridgehead atoms. The predicted octanol–water partition coefficient (Wildman–Crippen LogP) is 1.19. The lowest BCUT2D eigenvalue weighted by atomic mass is 9.96. The summed E-state index contributed by atoms with van der Waals surface area (Å²) in [6, 6.07) is 0. The first-order valence-electron chi connectivity index (χ1n) is 6.70. The number of aromatic nitrogens is 1. The molecule has 2 aliphatic heterocycles. The van der Waals surface area contributed by atoms with E-state index < -0.39 is 5.97 Å². The SMILES string of the molecule is O=C(O)c1csc(C2CCN(C(=O)C3COC3)CC2)n1. The second kappa shape index (κ2) is 5.49. The minimum atomic E-state index is -0.981. The van der Waals surface area contributed by atoms with E-state index in [2.05, 4.69) is 4.98 Å². The van der Waals surface area contributed by atoms with Crippen molar-refractivity contribution in [3.8, 4) is 0 Å². The van der Waals surface area contributed by atoms with Gasteiger partial charge in [0.15, 0.2) is 5.69 Å². The molecule has 3 rings (SSSR count). The molecular formula is C13H16N2O4S. The molecule has 2 fully saturated rings. The molecular weight excluding hydrogens is 280 g/mol. The quantitative estimate of drug-likeness (QED) is 0.906. The fourth-order valence-electron chi connectivity index (χ4n) is 2.56. The third-order valence-electron chi connectivity index (χ3n) is 3.88. The fourth-order valence-corrected chi connectivity index (χ4v) is 3.52. The highest BCUT2D eigenvalue weighted by atomic mass is 32.1. The molecule has 0 spiro atoms. The Morgan fingerprint density at radius 3 is 2.55 bits per heavy atom. The number of hydrogen-bond donors (Lipinski definition) is 1. The van der Waals surface area contributed by atoms with Crippen molar-refractivity contribution in [2.45, 2.75) is 18.8 Å². The van der Waals surface area contributed by atoms with E-state index >= 15 is 0 Å². The van der Waals surface area contributed by atoms with Crippen LogP contribution in [0.1, 0.15) is 34.3 Å². The van der Waals surface area contributed by atoms with E-state index in [1.165, 1.54) is 11.3 Å². The maximum atomic E-state index is 12.1. The number of amides is 1. The molecule has 0 radical (unpaired) electrons. The minimum Gasteiger partial charge on any atom is -0.476 e.